The minimum Gasteiger partial charge on any atom is -0.349 e. The van der Waals surface area contributed by atoms with Crippen LogP contribution in [-0.2, 0) is 4.79 Å². The molecule has 1 N–H and O–H groups in total. The Bertz CT molecular complexity index is 1390. The Morgan fingerprint density at radius 3 is 2.39 bits per heavy atom. The van der Waals surface area contributed by atoms with Crippen molar-refractivity contribution in [3.8, 4) is 17.1 Å². The Kier molecular flexibility index (Phi) is 6.79. The van der Waals surface area contributed by atoms with Crippen molar-refractivity contribution in [3.63, 3.8) is 0 Å². The Balaban J connectivity index is 1.14. The first-order valence-electron chi connectivity index (χ1n) is 12.3. The molecule has 2 unspecified atom stereocenters. The minimum absolute atomic E-state index is 0.203. The molecular weight excluding hydrogens is 464 g/mol. The number of aromatic nitrogens is 3. The molecule has 0 saturated heterocycles. The fraction of sp³-hybridized carbons (Fsp3) is 0.267. The molecule has 3 aromatic carbocycles. The maximum absolute atomic E-state index is 12.7. The molecule has 0 bridgehead atoms. The van der Waals surface area contributed by atoms with Crippen LogP contribution in [0, 0.1) is 26.7 Å². The number of hydrogen-bond donors (Lipinski definition) is 1. The number of benzene rings is 3. The highest BCUT2D eigenvalue weighted by molar-refractivity contribution is 7.80. The summed E-state index contributed by atoms with van der Waals surface area (Å²) >= 11 is 5.48. The van der Waals surface area contributed by atoms with E-state index in [1.165, 1.54) is 11.1 Å². The number of aryl methyl sites for hydroxylation is 3. The van der Waals surface area contributed by atoms with Crippen LogP contribution in [0.5, 0.6) is 0 Å². The summed E-state index contributed by atoms with van der Waals surface area (Å²) in [5.41, 5.74) is 7.74. The fourth-order valence-electron chi connectivity index (χ4n) is 4.72. The van der Waals surface area contributed by atoms with E-state index in [4.69, 9.17) is 12.2 Å². The lowest BCUT2D eigenvalue weighted by atomic mass is 10.0. The first-order chi connectivity index (χ1) is 17.4. The van der Waals surface area contributed by atoms with E-state index in [0.717, 1.165) is 34.5 Å². The van der Waals surface area contributed by atoms with Crippen molar-refractivity contribution in [2.75, 3.05) is 5.32 Å². The standard InChI is InChI=1S/C30H30N4OS/c1-19-7-13-25(14-8-19)34-18-31-30(33-34)23-11-9-22(10-12-23)27-16-24(27)15-26(35)17-28(36)32-29-20(2)5-4-6-21(29)3/h4-14,18,24,27H,15-17H2,1-3H3,(H,32,36). The number of rotatable bonds is 8. The highest BCUT2D eigenvalue weighted by atomic mass is 32.1. The molecule has 0 radical (unpaired) electrons. The predicted octanol–water partition coefficient (Wildman–Crippen LogP) is 6.75. The Hall–Kier alpha value is -3.64. The Morgan fingerprint density at radius 1 is 1.00 bits per heavy atom. The van der Waals surface area contributed by atoms with Gasteiger partial charge in [0.05, 0.1) is 17.1 Å². The number of nitrogens with zero attached hydrogens (tertiary/aromatic N) is 3. The second kappa shape index (κ2) is 10.2. The predicted molar refractivity (Wildman–Crippen MR) is 149 cm³/mol. The normalized spacial score (nSPS) is 16.5. The molecule has 1 heterocycles. The summed E-state index contributed by atoms with van der Waals surface area (Å²) in [5, 5.41) is 7.92. The highest BCUT2D eigenvalue weighted by Crippen LogP contribution is 2.50. The van der Waals surface area contributed by atoms with Crippen molar-refractivity contribution < 1.29 is 4.79 Å². The van der Waals surface area contributed by atoms with Crippen LogP contribution in [0.25, 0.3) is 17.1 Å². The lowest BCUT2D eigenvalue weighted by Crippen LogP contribution is -2.16. The smallest absolute Gasteiger partial charge is 0.181 e. The largest absolute Gasteiger partial charge is 0.349 e. The van der Waals surface area contributed by atoms with Crippen LogP contribution < -0.4 is 5.32 Å². The summed E-state index contributed by atoms with van der Waals surface area (Å²) in [6.45, 7) is 6.16. The lowest BCUT2D eigenvalue weighted by Gasteiger charge is -2.13. The van der Waals surface area contributed by atoms with Crippen molar-refractivity contribution in [3.05, 3.63) is 95.3 Å². The van der Waals surface area contributed by atoms with E-state index in [-0.39, 0.29) is 5.78 Å². The lowest BCUT2D eigenvalue weighted by molar-refractivity contribution is -0.118. The third-order valence-corrected chi connectivity index (χ3v) is 7.15. The van der Waals surface area contributed by atoms with E-state index in [1.54, 1.807) is 11.0 Å². The van der Waals surface area contributed by atoms with Gasteiger partial charge in [0, 0.05) is 17.7 Å². The molecule has 1 saturated carbocycles. The molecule has 0 amide bonds. The SMILES string of the molecule is Cc1ccc(-n2cnc(-c3ccc(C4CC4CC(=O)CC(=S)Nc4c(C)cccc4C)cc3)n2)cc1. The molecule has 36 heavy (non-hydrogen) atoms. The number of carbonyl (C=O) groups is 1. The van der Waals surface area contributed by atoms with Crippen LogP contribution >= 0.6 is 12.2 Å². The summed E-state index contributed by atoms with van der Waals surface area (Å²) in [6, 6.07) is 22.8. The second-order valence-electron chi connectivity index (χ2n) is 9.81. The average molecular weight is 495 g/mol. The zero-order valence-electron chi connectivity index (χ0n) is 20.9. The van der Waals surface area contributed by atoms with Gasteiger partial charge < -0.3 is 5.32 Å². The van der Waals surface area contributed by atoms with Crippen molar-refractivity contribution in [1.29, 1.82) is 0 Å². The van der Waals surface area contributed by atoms with Gasteiger partial charge in [-0.3, -0.25) is 4.79 Å². The quantitative estimate of drug-likeness (QED) is 0.275. The number of nitrogens with one attached hydrogen (secondary N) is 1. The number of ketones is 1. The van der Waals surface area contributed by atoms with E-state index in [1.807, 2.05) is 44.2 Å². The number of hydrogen-bond acceptors (Lipinski definition) is 4. The van der Waals surface area contributed by atoms with Crippen LogP contribution in [0.15, 0.2) is 73.1 Å². The van der Waals surface area contributed by atoms with Gasteiger partial charge in [-0.05, 0) is 67.9 Å². The molecule has 5 rings (SSSR count). The summed E-state index contributed by atoms with van der Waals surface area (Å²) in [7, 11) is 0. The monoisotopic (exact) mass is 494 g/mol. The average Bonchev–Trinajstić information content (AvgIpc) is 3.43. The van der Waals surface area contributed by atoms with Crippen molar-refractivity contribution >= 4 is 28.7 Å². The summed E-state index contributed by atoms with van der Waals surface area (Å²) in [4.78, 5) is 17.8. The van der Waals surface area contributed by atoms with Gasteiger partial charge >= 0.3 is 0 Å². The first kappa shape index (κ1) is 24.1. The summed E-state index contributed by atoms with van der Waals surface area (Å²) in [6.07, 6.45) is 3.66. The first-order valence-corrected chi connectivity index (χ1v) is 12.7. The second-order valence-corrected chi connectivity index (χ2v) is 10.3. The Morgan fingerprint density at radius 2 is 1.69 bits per heavy atom. The highest BCUT2D eigenvalue weighted by Gasteiger charge is 2.39. The molecule has 6 heteroatoms. The molecule has 4 aromatic rings. The Labute approximate surface area is 217 Å². The molecule has 1 aliphatic rings. The van der Waals surface area contributed by atoms with Gasteiger partial charge in [0.2, 0.25) is 0 Å². The molecule has 0 spiro atoms. The number of thiocarbonyl (C=S) groups is 1. The van der Waals surface area contributed by atoms with Gasteiger partial charge in [-0.15, -0.1) is 5.10 Å². The number of anilines is 1. The van der Waals surface area contributed by atoms with E-state index < -0.39 is 0 Å². The van der Waals surface area contributed by atoms with E-state index >= 15 is 0 Å². The van der Waals surface area contributed by atoms with Crippen LogP contribution in [0.3, 0.4) is 0 Å². The molecule has 1 aromatic heterocycles. The molecular formula is C30H30N4OS. The van der Waals surface area contributed by atoms with Crippen molar-refractivity contribution in [1.82, 2.24) is 14.8 Å². The van der Waals surface area contributed by atoms with Gasteiger partial charge in [0.25, 0.3) is 0 Å². The number of Topliss-reactive ketones (excluding diaryl/α,β-unsaturated/α-hetero) is 1. The molecule has 1 fully saturated rings. The molecule has 2 atom stereocenters. The fourth-order valence-corrected chi connectivity index (χ4v) is 4.98. The third-order valence-electron chi connectivity index (χ3n) is 6.90. The van der Waals surface area contributed by atoms with Crippen LogP contribution in [-0.4, -0.2) is 25.5 Å². The summed E-state index contributed by atoms with van der Waals surface area (Å²) < 4.78 is 1.80. The van der Waals surface area contributed by atoms with Gasteiger partial charge in [0.15, 0.2) is 5.82 Å². The maximum atomic E-state index is 12.7. The van der Waals surface area contributed by atoms with Crippen molar-refractivity contribution in [2.45, 2.75) is 46.0 Å². The zero-order chi connectivity index (χ0) is 25.2. The van der Waals surface area contributed by atoms with Crippen LogP contribution in [0.4, 0.5) is 5.69 Å². The molecule has 1 aliphatic carbocycles. The minimum atomic E-state index is 0.203. The van der Waals surface area contributed by atoms with Gasteiger partial charge in [-0.25, -0.2) is 9.67 Å². The van der Waals surface area contributed by atoms with Crippen LogP contribution in [0.2, 0.25) is 0 Å². The van der Waals surface area contributed by atoms with E-state index in [2.05, 4.69) is 58.7 Å². The van der Waals surface area contributed by atoms with Crippen LogP contribution in [0.1, 0.15) is 47.4 Å². The van der Waals surface area contributed by atoms with Gasteiger partial charge in [-0.2, -0.15) is 0 Å². The topological polar surface area (TPSA) is 59.8 Å². The zero-order valence-corrected chi connectivity index (χ0v) is 21.7. The third kappa shape index (κ3) is 5.44. The maximum Gasteiger partial charge on any atom is 0.181 e. The van der Waals surface area contributed by atoms with E-state index in [9.17, 15) is 4.79 Å². The number of carbonyl (C=O) groups excluding carboxylic acids is 1. The summed E-state index contributed by atoms with van der Waals surface area (Å²) in [5.74, 6) is 1.73. The number of para-hydroxylation sites is 1. The van der Waals surface area contributed by atoms with Gasteiger partial charge in [-0.1, -0.05) is 72.4 Å². The molecule has 5 nitrogen and oxygen atoms in total. The molecule has 182 valence electrons. The van der Waals surface area contributed by atoms with Crippen molar-refractivity contribution in [2.24, 2.45) is 5.92 Å². The van der Waals surface area contributed by atoms with E-state index in [0.29, 0.717) is 35.5 Å². The molecule has 0 aliphatic heterocycles. The van der Waals surface area contributed by atoms with Gasteiger partial charge in [0.1, 0.15) is 12.1 Å².